The minimum atomic E-state index is -0.801. The van der Waals surface area contributed by atoms with Gasteiger partial charge in [0.1, 0.15) is 5.75 Å². The number of hydrogen-bond acceptors (Lipinski definition) is 3. The molecule has 4 nitrogen and oxygen atoms in total. The topological polar surface area (TPSA) is 49.8 Å². The van der Waals surface area contributed by atoms with E-state index in [-0.39, 0.29) is 5.91 Å². The summed E-state index contributed by atoms with van der Waals surface area (Å²) in [4.78, 5) is 13.0. The second-order valence-electron chi connectivity index (χ2n) is 4.08. The molecule has 1 amide bonds. The molecular formula is C13H15NO3. The highest BCUT2D eigenvalue weighted by Crippen LogP contribution is 2.20. The van der Waals surface area contributed by atoms with Crippen molar-refractivity contribution in [3.8, 4) is 5.75 Å². The third-order valence-electron chi connectivity index (χ3n) is 2.85. The van der Waals surface area contributed by atoms with Crippen LogP contribution in [0.5, 0.6) is 5.75 Å². The lowest BCUT2D eigenvalue weighted by atomic mass is 10.2. The Morgan fingerprint density at radius 1 is 1.35 bits per heavy atom. The first kappa shape index (κ1) is 11.7. The standard InChI is InChI=1S/C13H15NO3/c1-9-7-12(15)14(13(9)16)8-10-3-5-11(17-2)6-4-10/h3-7,13,16H,8H2,1-2H3. The second-order valence-corrected chi connectivity index (χ2v) is 4.08. The lowest BCUT2D eigenvalue weighted by molar-refractivity contribution is -0.131. The van der Waals surface area contributed by atoms with E-state index in [2.05, 4.69) is 0 Å². The summed E-state index contributed by atoms with van der Waals surface area (Å²) in [6.45, 7) is 2.15. The molecule has 17 heavy (non-hydrogen) atoms. The van der Waals surface area contributed by atoms with E-state index in [4.69, 9.17) is 4.74 Å². The van der Waals surface area contributed by atoms with Gasteiger partial charge < -0.3 is 14.7 Å². The van der Waals surface area contributed by atoms with Gasteiger partial charge in [0, 0.05) is 12.6 Å². The van der Waals surface area contributed by atoms with E-state index in [1.807, 2.05) is 24.3 Å². The summed E-state index contributed by atoms with van der Waals surface area (Å²) in [6, 6.07) is 7.43. The van der Waals surface area contributed by atoms with Gasteiger partial charge in [-0.1, -0.05) is 12.1 Å². The summed E-state index contributed by atoms with van der Waals surface area (Å²) in [6.07, 6.45) is 0.665. The Hall–Kier alpha value is -1.81. The van der Waals surface area contributed by atoms with E-state index >= 15 is 0 Å². The maximum atomic E-state index is 11.6. The highest BCUT2D eigenvalue weighted by atomic mass is 16.5. The zero-order chi connectivity index (χ0) is 12.4. The number of ether oxygens (including phenoxy) is 1. The molecule has 0 saturated heterocycles. The van der Waals surface area contributed by atoms with Gasteiger partial charge in [0.2, 0.25) is 5.91 Å². The summed E-state index contributed by atoms with van der Waals surface area (Å²) < 4.78 is 5.06. The van der Waals surface area contributed by atoms with Gasteiger partial charge in [-0.05, 0) is 30.2 Å². The predicted molar refractivity (Wildman–Crippen MR) is 63.3 cm³/mol. The van der Waals surface area contributed by atoms with Gasteiger partial charge in [0.25, 0.3) is 0 Å². The van der Waals surface area contributed by atoms with Crippen LogP contribution in [0.15, 0.2) is 35.9 Å². The quantitative estimate of drug-likeness (QED) is 0.856. The predicted octanol–water partition coefficient (Wildman–Crippen LogP) is 1.30. The third kappa shape index (κ3) is 2.31. The van der Waals surface area contributed by atoms with Crippen LogP contribution in [0.25, 0.3) is 0 Å². The fourth-order valence-corrected chi connectivity index (χ4v) is 1.81. The minimum Gasteiger partial charge on any atom is -0.497 e. The molecule has 0 saturated carbocycles. The molecule has 1 heterocycles. The summed E-state index contributed by atoms with van der Waals surface area (Å²) in [5.74, 6) is 0.627. The third-order valence-corrected chi connectivity index (χ3v) is 2.85. The molecule has 0 bridgehead atoms. The van der Waals surface area contributed by atoms with Crippen molar-refractivity contribution in [1.29, 1.82) is 0 Å². The Morgan fingerprint density at radius 2 is 2.00 bits per heavy atom. The van der Waals surface area contributed by atoms with Gasteiger partial charge in [-0.15, -0.1) is 0 Å². The highest BCUT2D eigenvalue weighted by Gasteiger charge is 2.28. The maximum Gasteiger partial charge on any atom is 0.249 e. The van der Waals surface area contributed by atoms with E-state index < -0.39 is 6.23 Å². The van der Waals surface area contributed by atoms with Crippen molar-refractivity contribution < 1.29 is 14.6 Å². The second kappa shape index (κ2) is 4.59. The van der Waals surface area contributed by atoms with E-state index in [1.54, 1.807) is 14.0 Å². The maximum absolute atomic E-state index is 11.6. The number of rotatable bonds is 3. The Bertz CT molecular complexity index is 450. The molecule has 90 valence electrons. The van der Waals surface area contributed by atoms with E-state index in [9.17, 15) is 9.90 Å². The van der Waals surface area contributed by atoms with Crippen LogP contribution in [0.3, 0.4) is 0 Å². The fraction of sp³-hybridized carbons (Fsp3) is 0.308. The number of aliphatic hydroxyl groups excluding tert-OH is 1. The molecule has 1 N–H and O–H groups in total. The molecule has 2 rings (SSSR count). The molecule has 1 aliphatic rings. The molecule has 1 atom stereocenters. The molecule has 0 aromatic heterocycles. The number of amides is 1. The summed E-state index contributed by atoms with van der Waals surface area (Å²) >= 11 is 0. The smallest absolute Gasteiger partial charge is 0.249 e. The number of aliphatic hydroxyl groups is 1. The van der Waals surface area contributed by atoms with Crippen LogP contribution in [0.4, 0.5) is 0 Å². The van der Waals surface area contributed by atoms with Crippen molar-refractivity contribution in [2.75, 3.05) is 7.11 Å². The van der Waals surface area contributed by atoms with Crippen LogP contribution < -0.4 is 4.74 Å². The van der Waals surface area contributed by atoms with Crippen molar-refractivity contribution >= 4 is 5.91 Å². The lowest BCUT2D eigenvalue weighted by Crippen LogP contribution is -2.34. The van der Waals surface area contributed by atoms with Crippen LogP contribution in [0, 0.1) is 0 Å². The summed E-state index contributed by atoms with van der Waals surface area (Å²) in [5, 5.41) is 9.80. The van der Waals surface area contributed by atoms with E-state index in [0.29, 0.717) is 12.1 Å². The number of carbonyl (C=O) groups is 1. The number of methoxy groups -OCH3 is 1. The lowest BCUT2D eigenvalue weighted by Gasteiger charge is -2.22. The van der Waals surface area contributed by atoms with Crippen molar-refractivity contribution in [2.24, 2.45) is 0 Å². The van der Waals surface area contributed by atoms with Crippen molar-refractivity contribution in [3.63, 3.8) is 0 Å². The molecule has 1 unspecified atom stereocenters. The number of nitrogens with zero attached hydrogens (tertiary/aromatic N) is 1. The Kier molecular flexibility index (Phi) is 3.15. The molecule has 1 aromatic rings. The first-order chi connectivity index (χ1) is 8.11. The zero-order valence-electron chi connectivity index (χ0n) is 9.88. The molecular weight excluding hydrogens is 218 g/mol. The van der Waals surface area contributed by atoms with Crippen LogP contribution in [-0.4, -0.2) is 29.3 Å². The van der Waals surface area contributed by atoms with Crippen molar-refractivity contribution in [1.82, 2.24) is 4.90 Å². The molecule has 1 aliphatic heterocycles. The zero-order valence-corrected chi connectivity index (χ0v) is 9.88. The highest BCUT2D eigenvalue weighted by molar-refractivity contribution is 5.91. The molecule has 0 fully saturated rings. The van der Waals surface area contributed by atoms with E-state index in [1.165, 1.54) is 11.0 Å². The number of benzene rings is 1. The first-order valence-electron chi connectivity index (χ1n) is 5.41. The van der Waals surface area contributed by atoms with Crippen molar-refractivity contribution in [3.05, 3.63) is 41.5 Å². The summed E-state index contributed by atoms with van der Waals surface area (Å²) in [5.41, 5.74) is 1.64. The minimum absolute atomic E-state index is 0.147. The normalized spacial score (nSPS) is 19.5. The molecule has 0 spiro atoms. The average molecular weight is 233 g/mol. The van der Waals surface area contributed by atoms with Crippen molar-refractivity contribution in [2.45, 2.75) is 19.7 Å². The average Bonchev–Trinajstić information content (AvgIpc) is 2.57. The van der Waals surface area contributed by atoms with Gasteiger partial charge in [0.05, 0.1) is 7.11 Å². The molecule has 0 aliphatic carbocycles. The number of hydrogen-bond donors (Lipinski definition) is 1. The Morgan fingerprint density at radius 3 is 2.47 bits per heavy atom. The molecule has 4 heteroatoms. The van der Waals surface area contributed by atoms with Crippen LogP contribution in [-0.2, 0) is 11.3 Å². The Labute approximate surface area is 100 Å². The van der Waals surface area contributed by atoms with Gasteiger partial charge >= 0.3 is 0 Å². The summed E-state index contributed by atoms with van der Waals surface area (Å²) in [7, 11) is 1.61. The number of carbonyl (C=O) groups excluding carboxylic acids is 1. The van der Waals surface area contributed by atoms with Crippen LogP contribution in [0.1, 0.15) is 12.5 Å². The van der Waals surface area contributed by atoms with E-state index in [0.717, 1.165) is 11.3 Å². The van der Waals surface area contributed by atoms with Gasteiger partial charge in [0.15, 0.2) is 6.23 Å². The molecule has 0 radical (unpaired) electrons. The monoisotopic (exact) mass is 233 g/mol. The van der Waals surface area contributed by atoms with Gasteiger partial charge in [-0.2, -0.15) is 0 Å². The van der Waals surface area contributed by atoms with Crippen LogP contribution in [0.2, 0.25) is 0 Å². The first-order valence-corrected chi connectivity index (χ1v) is 5.41. The molecule has 1 aromatic carbocycles. The van der Waals surface area contributed by atoms with Gasteiger partial charge in [-0.25, -0.2) is 0 Å². The fourth-order valence-electron chi connectivity index (χ4n) is 1.81. The SMILES string of the molecule is COc1ccc(CN2C(=O)C=C(C)C2O)cc1. The van der Waals surface area contributed by atoms with Gasteiger partial charge in [-0.3, -0.25) is 4.79 Å². The largest absolute Gasteiger partial charge is 0.497 e. The van der Waals surface area contributed by atoms with Crippen LogP contribution >= 0.6 is 0 Å². The Balaban J connectivity index is 2.09.